The number of hydrogen-bond acceptors (Lipinski definition) is 5. The number of guanidine groups is 1. The number of carbonyl (C=O) groups is 1. The summed E-state index contributed by atoms with van der Waals surface area (Å²) in [5.74, 6) is -0.407. The predicted octanol–water partition coefficient (Wildman–Crippen LogP) is 0.475. The minimum Gasteiger partial charge on any atom is -0.464 e. The van der Waals surface area contributed by atoms with Gasteiger partial charge < -0.3 is 15.0 Å². The number of nitro groups is 1. The third kappa shape index (κ3) is 3.57. The SMILES string of the molecule is COC(=O)c1ccc(CN2CCN/C2=N\[N+](=O)[O-])c(Cl)n1. The van der Waals surface area contributed by atoms with Crippen LogP contribution in [0.3, 0.4) is 0 Å². The van der Waals surface area contributed by atoms with Gasteiger partial charge in [-0.05, 0) is 6.07 Å². The average molecular weight is 314 g/mol. The molecular weight excluding hydrogens is 302 g/mol. The van der Waals surface area contributed by atoms with Crippen molar-refractivity contribution in [1.29, 1.82) is 0 Å². The number of nitrogens with zero attached hydrogens (tertiary/aromatic N) is 4. The van der Waals surface area contributed by atoms with Gasteiger partial charge in [-0.25, -0.2) is 19.9 Å². The molecule has 2 rings (SSSR count). The fourth-order valence-corrected chi connectivity index (χ4v) is 2.07. The number of hydrazone groups is 1. The van der Waals surface area contributed by atoms with Crippen molar-refractivity contribution in [3.8, 4) is 0 Å². The van der Waals surface area contributed by atoms with Crippen LogP contribution in [0.2, 0.25) is 5.15 Å². The molecule has 0 unspecified atom stereocenters. The third-order valence-electron chi connectivity index (χ3n) is 2.82. The highest BCUT2D eigenvalue weighted by atomic mass is 35.5. The molecule has 1 aromatic rings. The Morgan fingerprint density at radius 3 is 3.05 bits per heavy atom. The summed E-state index contributed by atoms with van der Waals surface area (Å²) in [6.45, 7) is 1.41. The van der Waals surface area contributed by atoms with E-state index in [4.69, 9.17) is 11.6 Å². The second kappa shape index (κ2) is 6.35. The molecule has 1 aliphatic heterocycles. The van der Waals surface area contributed by atoms with Gasteiger partial charge in [0.2, 0.25) is 0 Å². The van der Waals surface area contributed by atoms with Crippen LogP contribution < -0.4 is 5.32 Å². The van der Waals surface area contributed by atoms with E-state index in [2.05, 4.69) is 20.1 Å². The Morgan fingerprint density at radius 1 is 1.67 bits per heavy atom. The van der Waals surface area contributed by atoms with Crippen molar-refractivity contribution in [2.75, 3.05) is 20.2 Å². The van der Waals surface area contributed by atoms with Crippen molar-refractivity contribution in [3.05, 3.63) is 38.7 Å². The lowest BCUT2D eigenvalue weighted by Gasteiger charge is -2.16. The quantitative estimate of drug-likeness (QED) is 0.372. The molecular formula is C11H12ClN5O4. The number of pyridine rings is 1. The van der Waals surface area contributed by atoms with Crippen molar-refractivity contribution in [3.63, 3.8) is 0 Å². The zero-order chi connectivity index (χ0) is 15.4. The lowest BCUT2D eigenvalue weighted by atomic mass is 10.2. The maximum absolute atomic E-state index is 11.3. The highest BCUT2D eigenvalue weighted by Crippen LogP contribution is 2.17. The molecule has 0 aliphatic carbocycles. The van der Waals surface area contributed by atoms with Crippen LogP contribution in [0.1, 0.15) is 16.1 Å². The molecule has 0 spiro atoms. The van der Waals surface area contributed by atoms with Crippen molar-refractivity contribution in [2.24, 2.45) is 5.10 Å². The Kier molecular flexibility index (Phi) is 4.53. The molecule has 10 heteroatoms. The van der Waals surface area contributed by atoms with E-state index in [-0.39, 0.29) is 16.8 Å². The first-order valence-electron chi connectivity index (χ1n) is 5.97. The van der Waals surface area contributed by atoms with Crippen molar-refractivity contribution < 1.29 is 14.6 Å². The summed E-state index contributed by atoms with van der Waals surface area (Å²) < 4.78 is 4.55. The Bertz CT molecular complexity index is 606. The summed E-state index contributed by atoms with van der Waals surface area (Å²) in [5.41, 5.74) is 0.731. The number of methoxy groups -OCH3 is 1. The van der Waals surface area contributed by atoms with E-state index in [0.717, 1.165) is 0 Å². The first kappa shape index (κ1) is 15.0. The van der Waals surface area contributed by atoms with Crippen LogP contribution in [-0.4, -0.2) is 47.0 Å². The standard InChI is InChI=1S/C11H12ClN5O4/c1-21-10(18)8-3-2-7(9(12)14-8)6-16-5-4-13-11(16)15-17(19)20/h2-3H,4-6H2,1H3,(H,13,15). The smallest absolute Gasteiger partial charge is 0.356 e. The molecule has 1 aromatic heterocycles. The summed E-state index contributed by atoms with van der Waals surface area (Å²) in [4.78, 5) is 27.4. The van der Waals surface area contributed by atoms with E-state index in [1.807, 2.05) is 0 Å². The summed E-state index contributed by atoms with van der Waals surface area (Å²) >= 11 is 6.02. The molecule has 0 bridgehead atoms. The van der Waals surface area contributed by atoms with Gasteiger partial charge in [0.25, 0.3) is 5.96 Å². The Hall–Kier alpha value is -2.42. The molecule has 0 aromatic carbocycles. The minimum absolute atomic E-state index is 0.102. The van der Waals surface area contributed by atoms with Crippen LogP contribution in [0.4, 0.5) is 0 Å². The number of ether oxygens (including phenoxy) is 1. The maximum Gasteiger partial charge on any atom is 0.356 e. The predicted molar refractivity (Wildman–Crippen MR) is 73.4 cm³/mol. The topological polar surface area (TPSA) is 110 Å². The summed E-state index contributed by atoms with van der Waals surface area (Å²) in [7, 11) is 1.25. The minimum atomic E-state index is -0.763. The van der Waals surface area contributed by atoms with Gasteiger partial charge in [-0.1, -0.05) is 17.7 Å². The summed E-state index contributed by atoms with van der Waals surface area (Å²) in [6.07, 6.45) is 0. The van der Waals surface area contributed by atoms with Crippen LogP contribution in [0.15, 0.2) is 17.2 Å². The van der Waals surface area contributed by atoms with Crippen molar-refractivity contribution in [2.45, 2.75) is 6.54 Å². The van der Waals surface area contributed by atoms with Crippen LogP contribution in [0.25, 0.3) is 0 Å². The molecule has 112 valence electrons. The van der Waals surface area contributed by atoms with Crippen LogP contribution in [-0.2, 0) is 11.3 Å². The highest BCUT2D eigenvalue weighted by Gasteiger charge is 2.23. The zero-order valence-corrected chi connectivity index (χ0v) is 11.8. The van der Waals surface area contributed by atoms with E-state index in [0.29, 0.717) is 25.2 Å². The van der Waals surface area contributed by atoms with Crippen LogP contribution in [0, 0.1) is 10.1 Å². The monoisotopic (exact) mass is 313 g/mol. The molecule has 0 amide bonds. The van der Waals surface area contributed by atoms with E-state index in [1.54, 1.807) is 11.0 Å². The largest absolute Gasteiger partial charge is 0.464 e. The zero-order valence-electron chi connectivity index (χ0n) is 11.1. The second-order valence-electron chi connectivity index (χ2n) is 4.15. The molecule has 2 heterocycles. The van der Waals surface area contributed by atoms with E-state index in [9.17, 15) is 14.9 Å². The molecule has 0 atom stereocenters. The fourth-order valence-electron chi connectivity index (χ4n) is 1.86. The molecule has 21 heavy (non-hydrogen) atoms. The Balaban J connectivity index is 2.16. The Labute approximate surface area is 124 Å². The molecule has 0 saturated carbocycles. The molecule has 1 aliphatic rings. The number of nitrogens with one attached hydrogen (secondary N) is 1. The number of halogens is 1. The van der Waals surface area contributed by atoms with Gasteiger partial charge in [-0.2, -0.15) is 0 Å². The average Bonchev–Trinajstić information content (AvgIpc) is 2.86. The van der Waals surface area contributed by atoms with Gasteiger partial charge in [-0.3, -0.25) is 0 Å². The van der Waals surface area contributed by atoms with Crippen LogP contribution >= 0.6 is 11.6 Å². The van der Waals surface area contributed by atoms with E-state index in [1.165, 1.54) is 13.2 Å². The molecule has 1 saturated heterocycles. The number of esters is 1. The molecule has 9 nitrogen and oxygen atoms in total. The van der Waals surface area contributed by atoms with Gasteiger partial charge >= 0.3 is 5.97 Å². The summed E-state index contributed by atoms with van der Waals surface area (Å²) in [6, 6.07) is 3.12. The second-order valence-corrected chi connectivity index (χ2v) is 4.51. The fraction of sp³-hybridized carbons (Fsp3) is 0.364. The number of aromatic nitrogens is 1. The van der Waals surface area contributed by atoms with Gasteiger partial charge in [0.15, 0.2) is 5.03 Å². The van der Waals surface area contributed by atoms with Crippen molar-refractivity contribution >= 4 is 23.5 Å². The number of carbonyl (C=O) groups excluding carboxylic acids is 1. The maximum atomic E-state index is 11.3. The Morgan fingerprint density at radius 2 is 2.43 bits per heavy atom. The number of rotatable bonds is 4. The highest BCUT2D eigenvalue weighted by molar-refractivity contribution is 6.30. The first-order chi connectivity index (χ1) is 10.0. The molecule has 1 N–H and O–H groups in total. The lowest BCUT2D eigenvalue weighted by Crippen LogP contribution is -2.30. The van der Waals surface area contributed by atoms with Crippen molar-refractivity contribution in [1.82, 2.24) is 15.2 Å². The van der Waals surface area contributed by atoms with Gasteiger partial charge in [0.05, 0.1) is 7.11 Å². The van der Waals surface area contributed by atoms with Gasteiger partial charge in [-0.15, -0.1) is 0 Å². The molecule has 0 radical (unpaired) electrons. The van der Waals surface area contributed by atoms with Crippen LogP contribution in [0.5, 0.6) is 0 Å². The first-order valence-corrected chi connectivity index (χ1v) is 6.34. The normalized spacial score (nSPS) is 15.9. The number of hydrogen-bond donors (Lipinski definition) is 1. The van der Waals surface area contributed by atoms with E-state index < -0.39 is 11.0 Å². The van der Waals surface area contributed by atoms with E-state index >= 15 is 0 Å². The summed E-state index contributed by atoms with van der Waals surface area (Å²) in [5, 5.41) is 15.9. The molecule has 1 fully saturated rings. The van der Waals surface area contributed by atoms with Gasteiger partial charge in [0, 0.05) is 25.2 Å². The van der Waals surface area contributed by atoms with Gasteiger partial charge in [0.1, 0.15) is 15.9 Å². The lowest BCUT2D eigenvalue weighted by molar-refractivity contribution is -0.485. The third-order valence-corrected chi connectivity index (χ3v) is 3.15.